The topological polar surface area (TPSA) is 113 Å². The van der Waals surface area contributed by atoms with Gasteiger partial charge in [0.05, 0.1) is 26.4 Å². The number of methoxy groups -OCH3 is 2. The molecule has 3 aliphatic heterocycles. The van der Waals surface area contributed by atoms with Gasteiger partial charge in [-0.05, 0) is 79.5 Å². The highest BCUT2D eigenvalue weighted by atomic mass is 31.2. The Hall–Kier alpha value is -3.90. The predicted molar refractivity (Wildman–Crippen MR) is 201 cm³/mol. The smallest absolute Gasteiger partial charge is 0.330 e. The van der Waals surface area contributed by atoms with E-state index in [1.54, 1.807) is 14.2 Å². The number of H-pyrrole nitrogens is 1. The van der Waals surface area contributed by atoms with Crippen LogP contribution in [0.3, 0.4) is 0 Å². The number of nitrogens with one attached hydrogen (secondary N) is 1. The fourth-order valence-electron chi connectivity index (χ4n) is 8.93. The molecule has 4 aliphatic rings. The average molecular weight is 760 g/mol. The van der Waals surface area contributed by atoms with Crippen LogP contribution in [0.1, 0.15) is 68.4 Å². The lowest BCUT2D eigenvalue weighted by molar-refractivity contribution is -0.0934. The van der Waals surface area contributed by atoms with Gasteiger partial charge in [0.2, 0.25) is 0 Å². The summed E-state index contributed by atoms with van der Waals surface area (Å²) < 4.78 is 58.7. The number of hydrogen-bond donors (Lipinski definition) is 1. The molecule has 0 spiro atoms. The number of benzene rings is 3. The van der Waals surface area contributed by atoms with Crippen LogP contribution in [0, 0.1) is 5.92 Å². The van der Waals surface area contributed by atoms with E-state index in [0.717, 1.165) is 53.5 Å². The maximum absolute atomic E-state index is 17.1. The van der Waals surface area contributed by atoms with Gasteiger partial charge in [0.1, 0.15) is 29.3 Å². The van der Waals surface area contributed by atoms with Crippen LogP contribution in [0.2, 0.25) is 0 Å². The minimum absolute atomic E-state index is 0.126. The highest BCUT2D eigenvalue weighted by Crippen LogP contribution is 2.64. The molecule has 8 rings (SSSR count). The first-order valence-corrected chi connectivity index (χ1v) is 19.9. The molecule has 0 bridgehead atoms. The molecule has 0 amide bonds. The van der Waals surface area contributed by atoms with Gasteiger partial charge in [-0.25, -0.2) is 13.9 Å². The minimum Gasteiger partial charge on any atom is -0.497 e. The first-order chi connectivity index (χ1) is 26.2. The normalized spacial score (nSPS) is 28.7. The molecule has 13 heteroatoms. The number of nitrogens with zero attached hydrogens (tertiary/aromatic N) is 2. The van der Waals surface area contributed by atoms with E-state index in [1.165, 1.54) is 25.1 Å². The van der Waals surface area contributed by atoms with E-state index in [1.807, 2.05) is 78.9 Å². The van der Waals surface area contributed by atoms with Crippen molar-refractivity contribution in [1.29, 1.82) is 0 Å². The maximum Gasteiger partial charge on any atom is 0.330 e. The average Bonchev–Trinajstić information content (AvgIpc) is 4.01. The van der Waals surface area contributed by atoms with Crippen LogP contribution in [-0.4, -0.2) is 71.6 Å². The third-order valence-corrected chi connectivity index (χ3v) is 13.6. The lowest BCUT2D eigenvalue weighted by Crippen LogP contribution is -2.44. The fraction of sp³-hybridized carbons (Fsp3) is 0.463. The third kappa shape index (κ3) is 6.61. The van der Waals surface area contributed by atoms with Gasteiger partial charge in [0.25, 0.3) is 14.1 Å². The third-order valence-electron chi connectivity index (χ3n) is 11.8. The van der Waals surface area contributed by atoms with E-state index in [2.05, 4.69) is 16.6 Å². The number of rotatable bonds is 12. The Balaban J connectivity index is 1.18. The summed E-state index contributed by atoms with van der Waals surface area (Å²) in [4.78, 5) is 27.3. The van der Waals surface area contributed by atoms with Crippen LogP contribution in [0.4, 0.5) is 4.39 Å². The first kappa shape index (κ1) is 37.0. The molecule has 1 N–H and O–H groups in total. The molecule has 11 nitrogen and oxygen atoms in total. The van der Waals surface area contributed by atoms with E-state index < -0.39 is 55.6 Å². The first-order valence-electron chi connectivity index (χ1n) is 18.8. The molecule has 0 radical (unpaired) electrons. The van der Waals surface area contributed by atoms with E-state index in [0.29, 0.717) is 17.4 Å². The summed E-state index contributed by atoms with van der Waals surface area (Å²) >= 11 is 0. The summed E-state index contributed by atoms with van der Waals surface area (Å²) in [6, 6.07) is 26.5. The predicted octanol–water partition coefficient (Wildman–Crippen LogP) is 6.85. The summed E-state index contributed by atoms with van der Waals surface area (Å²) in [6.07, 6.45) is 2.54. The SMILES string of the molecule is COc1ccc(C(OC[C@H]2O[C@@H](n3ccc(=O)[nH]c3=O)[C@H](F)[C@@H]2O[P@@]2O[C@](C)(C3CCCC3)[C@@H]3CCCN32)(c2ccccc2)c2ccc(OC)cc2)cc1. The molecule has 286 valence electrons. The van der Waals surface area contributed by atoms with E-state index in [-0.39, 0.29) is 12.6 Å². The summed E-state index contributed by atoms with van der Waals surface area (Å²) in [5.74, 6) is 1.77. The maximum atomic E-state index is 17.1. The number of alkyl halides is 1. The van der Waals surface area contributed by atoms with Crippen LogP contribution in [-0.2, 0) is 24.1 Å². The van der Waals surface area contributed by atoms with Gasteiger partial charge >= 0.3 is 5.69 Å². The number of fused-ring (bicyclic) bond motifs is 1. The molecule has 1 saturated carbocycles. The Morgan fingerprint density at radius 1 is 0.870 bits per heavy atom. The van der Waals surface area contributed by atoms with Crippen LogP contribution in [0.15, 0.2) is 101 Å². The minimum atomic E-state index is -1.79. The highest BCUT2D eigenvalue weighted by molar-refractivity contribution is 7.45. The Morgan fingerprint density at radius 2 is 1.50 bits per heavy atom. The summed E-state index contributed by atoms with van der Waals surface area (Å²) in [5.41, 5.74) is -0.525. The van der Waals surface area contributed by atoms with Crippen molar-refractivity contribution in [1.82, 2.24) is 14.2 Å². The Morgan fingerprint density at radius 3 is 2.11 bits per heavy atom. The Bertz CT molecular complexity index is 1960. The molecule has 0 unspecified atom stereocenters. The van der Waals surface area contributed by atoms with E-state index in [9.17, 15) is 9.59 Å². The molecule has 54 heavy (non-hydrogen) atoms. The number of aromatic nitrogens is 2. The van der Waals surface area contributed by atoms with E-state index >= 15 is 4.39 Å². The van der Waals surface area contributed by atoms with Gasteiger partial charge in [-0.1, -0.05) is 67.4 Å². The number of hydrogen-bond acceptors (Lipinski definition) is 9. The molecule has 3 aromatic carbocycles. The number of aromatic amines is 1. The van der Waals surface area contributed by atoms with Crippen molar-refractivity contribution in [3.8, 4) is 11.5 Å². The van der Waals surface area contributed by atoms with Crippen LogP contribution >= 0.6 is 8.53 Å². The van der Waals surface area contributed by atoms with Crippen LogP contribution in [0.5, 0.6) is 11.5 Å². The molecule has 4 fully saturated rings. The molecule has 4 aromatic rings. The highest BCUT2D eigenvalue weighted by Gasteiger charge is 2.60. The van der Waals surface area contributed by atoms with Gasteiger partial charge < -0.3 is 28.0 Å². The van der Waals surface area contributed by atoms with Gasteiger partial charge in [-0.2, -0.15) is 0 Å². The van der Waals surface area contributed by atoms with Crippen LogP contribution in [0.25, 0.3) is 0 Å². The second kappa shape index (κ2) is 15.3. The van der Waals surface area contributed by atoms with E-state index in [4.69, 9.17) is 28.0 Å². The summed E-state index contributed by atoms with van der Waals surface area (Å²) in [6.45, 7) is 2.88. The number of ether oxygens (including phenoxy) is 4. The largest absolute Gasteiger partial charge is 0.497 e. The molecular formula is C41H47FN3O8P. The number of halogens is 1. The Kier molecular flexibility index (Phi) is 10.5. The quantitative estimate of drug-likeness (QED) is 0.122. The Labute approximate surface area is 315 Å². The second-order valence-corrected chi connectivity index (χ2v) is 16.1. The van der Waals surface area contributed by atoms with Crippen LogP contribution < -0.4 is 20.7 Å². The van der Waals surface area contributed by atoms with Crippen molar-refractivity contribution in [2.75, 3.05) is 27.4 Å². The molecule has 3 saturated heterocycles. The van der Waals surface area contributed by atoms with Gasteiger partial charge in [-0.15, -0.1) is 0 Å². The summed E-state index contributed by atoms with van der Waals surface area (Å²) in [5, 5.41) is 0. The van der Waals surface area contributed by atoms with Gasteiger partial charge in [0.15, 0.2) is 12.4 Å². The molecule has 1 aliphatic carbocycles. The molecular weight excluding hydrogens is 712 g/mol. The second-order valence-electron chi connectivity index (χ2n) is 14.7. The zero-order valence-electron chi connectivity index (χ0n) is 30.8. The van der Waals surface area contributed by atoms with Gasteiger partial charge in [0, 0.05) is 24.8 Å². The lowest BCUT2D eigenvalue weighted by atomic mass is 9.80. The van der Waals surface area contributed by atoms with Crippen molar-refractivity contribution >= 4 is 8.53 Å². The zero-order valence-corrected chi connectivity index (χ0v) is 31.7. The van der Waals surface area contributed by atoms with Crippen molar-refractivity contribution in [2.45, 2.75) is 87.3 Å². The molecule has 1 aromatic heterocycles. The van der Waals surface area contributed by atoms with Crippen molar-refractivity contribution in [3.63, 3.8) is 0 Å². The van der Waals surface area contributed by atoms with Crippen molar-refractivity contribution in [2.24, 2.45) is 5.92 Å². The van der Waals surface area contributed by atoms with Crippen molar-refractivity contribution < 1.29 is 32.4 Å². The molecule has 7 atom stereocenters. The monoisotopic (exact) mass is 759 g/mol. The fourth-order valence-corrected chi connectivity index (χ4v) is 11.1. The van der Waals surface area contributed by atoms with Crippen molar-refractivity contribution in [3.05, 3.63) is 129 Å². The molecule has 4 heterocycles. The standard InChI is InChI=1S/C41H47FN3O8P/c1-40(27-10-7-8-11-27)34-14-9-24-45(34)54(53-40)52-37-33(51-38(36(37)42)44-25-23-35(46)43-39(44)47)26-50-41(28-12-5-4-6-13-28,29-15-19-31(48-2)20-16-29)30-17-21-32(49-3)22-18-30/h4-6,12-13,15-23,25,27,33-34,36-38H,7-11,14,24,26H2,1-3H3,(H,43,46,47)/t33-,34+,36-,37-,38-,40-,54+/m1/s1. The summed E-state index contributed by atoms with van der Waals surface area (Å²) in [7, 11) is 1.58. The lowest BCUT2D eigenvalue weighted by Gasteiger charge is -2.37. The zero-order chi connectivity index (χ0) is 37.5. The van der Waals surface area contributed by atoms with Gasteiger partial charge in [-0.3, -0.25) is 14.3 Å².